The molecule has 0 bridgehead atoms. The number of nitrogens with one attached hydrogen (secondary N) is 1. The normalized spacial score (nSPS) is 19.9. The molecule has 0 saturated carbocycles. The number of nitrogens with zero attached hydrogens (tertiary/aromatic N) is 1. The molecule has 15 heavy (non-hydrogen) atoms. The van der Waals surface area contributed by atoms with Gasteiger partial charge in [0.25, 0.3) is 5.91 Å². The van der Waals surface area contributed by atoms with Crippen molar-refractivity contribution in [3.05, 3.63) is 0 Å². The monoisotopic (exact) mass is 212 g/mol. The highest BCUT2D eigenvalue weighted by Gasteiger charge is 2.45. The van der Waals surface area contributed by atoms with Crippen LogP contribution in [0.3, 0.4) is 0 Å². The zero-order chi connectivity index (χ0) is 11.6. The molecule has 4 nitrogen and oxygen atoms in total. The third kappa shape index (κ3) is 2.13. The molecule has 3 amide bonds. The molecule has 0 aromatic heterocycles. The van der Waals surface area contributed by atoms with Gasteiger partial charge in [-0.05, 0) is 19.8 Å². The second-order valence-electron chi connectivity index (χ2n) is 4.61. The van der Waals surface area contributed by atoms with Gasteiger partial charge in [0.15, 0.2) is 0 Å². The molecule has 1 aliphatic rings. The number of urea groups is 1. The van der Waals surface area contributed by atoms with E-state index in [0.717, 1.165) is 12.8 Å². The van der Waals surface area contributed by atoms with E-state index in [1.54, 1.807) is 18.7 Å². The van der Waals surface area contributed by atoms with Crippen molar-refractivity contribution in [3.63, 3.8) is 0 Å². The third-order valence-corrected chi connectivity index (χ3v) is 3.29. The first kappa shape index (κ1) is 12.0. The van der Waals surface area contributed by atoms with Crippen LogP contribution in [-0.4, -0.2) is 28.9 Å². The number of rotatable bonds is 4. The fourth-order valence-corrected chi connectivity index (χ4v) is 1.81. The van der Waals surface area contributed by atoms with Crippen LogP contribution in [0.1, 0.15) is 40.5 Å². The summed E-state index contributed by atoms with van der Waals surface area (Å²) in [6.45, 7) is 8.46. The predicted molar refractivity (Wildman–Crippen MR) is 58.4 cm³/mol. The molecule has 0 aliphatic carbocycles. The molecule has 1 heterocycles. The summed E-state index contributed by atoms with van der Waals surface area (Å²) >= 11 is 0. The molecule has 1 N–H and O–H groups in total. The van der Waals surface area contributed by atoms with Gasteiger partial charge in [-0.3, -0.25) is 10.1 Å². The second-order valence-corrected chi connectivity index (χ2v) is 4.61. The average molecular weight is 212 g/mol. The Bertz CT molecular complexity index is 270. The fourth-order valence-electron chi connectivity index (χ4n) is 1.81. The second kappa shape index (κ2) is 4.21. The highest BCUT2D eigenvalue weighted by Crippen LogP contribution is 2.23. The highest BCUT2D eigenvalue weighted by molar-refractivity contribution is 6.06. The Hall–Kier alpha value is -1.06. The van der Waals surface area contributed by atoms with E-state index in [1.165, 1.54) is 0 Å². The standard InChI is InChI=1S/C11H20N2O2/c1-5-8(6-2)7-13-10(15)12-9(14)11(13,3)4/h8H,5-7H2,1-4H3,(H,12,14,15). The molecule has 1 fully saturated rings. The van der Waals surface area contributed by atoms with Gasteiger partial charge in [0.2, 0.25) is 0 Å². The molecule has 0 spiro atoms. The molecule has 1 saturated heterocycles. The van der Waals surface area contributed by atoms with E-state index in [4.69, 9.17) is 0 Å². The Morgan fingerprint density at radius 3 is 2.13 bits per heavy atom. The molecule has 4 heteroatoms. The smallest absolute Gasteiger partial charge is 0.310 e. The molecule has 0 unspecified atom stereocenters. The van der Waals surface area contributed by atoms with E-state index >= 15 is 0 Å². The van der Waals surface area contributed by atoms with Crippen LogP contribution in [-0.2, 0) is 4.79 Å². The van der Waals surface area contributed by atoms with Crippen LogP contribution in [0.15, 0.2) is 0 Å². The van der Waals surface area contributed by atoms with Crippen molar-refractivity contribution in [1.82, 2.24) is 10.2 Å². The molecule has 0 aromatic rings. The van der Waals surface area contributed by atoms with Crippen LogP contribution in [0, 0.1) is 5.92 Å². The number of hydrogen-bond acceptors (Lipinski definition) is 2. The topological polar surface area (TPSA) is 49.4 Å². The molecular weight excluding hydrogens is 192 g/mol. The lowest BCUT2D eigenvalue weighted by atomic mass is 9.98. The maximum absolute atomic E-state index is 11.6. The van der Waals surface area contributed by atoms with Crippen molar-refractivity contribution in [3.8, 4) is 0 Å². The van der Waals surface area contributed by atoms with Crippen LogP contribution in [0.4, 0.5) is 4.79 Å². The molecular formula is C11H20N2O2. The summed E-state index contributed by atoms with van der Waals surface area (Å²) in [4.78, 5) is 24.7. The third-order valence-electron chi connectivity index (χ3n) is 3.29. The first-order valence-electron chi connectivity index (χ1n) is 5.56. The molecule has 86 valence electrons. The van der Waals surface area contributed by atoms with Crippen molar-refractivity contribution in [2.75, 3.05) is 6.54 Å². The summed E-state index contributed by atoms with van der Waals surface area (Å²) in [6.07, 6.45) is 2.06. The Morgan fingerprint density at radius 2 is 1.80 bits per heavy atom. The van der Waals surface area contributed by atoms with Gasteiger partial charge in [0, 0.05) is 6.54 Å². The number of hydrogen-bond donors (Lipinski definition) is 1. The van der Waals surface area contributed by atoms with Crippen molar-refractivity contribution >= 4 is 11.9 Å². The summed E-state index contributed by atoms with van der Waals surface area (Å²) in [7, 11) is 0. The molecule has 0 atom stereocenters. The highest BCUT2D eigenvalue weighted by atomic mass is 16.2. The van der Waals surface area contributed by atoms with E-state index in [0.29, 0.717) is 12.5 Å². The molecule has 1 rings (SSSR count). The number of imide groups is 1. The predicted octanol–water partition coefficient (Wildman–Crippen LogP) is 1.75. The minimum Gasteiger partial charge on any atom is -0.310 e. The fraction of sp³-hybridized carbons (Fsp3) is 0.818. The van der Waals surface area contributed by atoms with E-state index in [1.807, 2.05) is 0 Å². The van der Waals surface area contributed by atoms with Crippen molar-refractivity contribution < 1.29 is 9.59 Å². The first-order valence-corrected chi connectivity index (χ1v) is 5.56. The average Bonchev–Trinajstić information content (AvgIpc) is 2.35. The van der Waals surface area contributed by atoms with Gasteiger partial charge >= 0.3 is 6.03 Å². The van der Waals surface area contributed by atoms with Crippen LogP contribution < -0.4 is 5.32 Å². The molecule has 1 aliphatic heterocycles. The minimum absolute atomic E-state index is 0.196. The van der Waals surface area contributed by atoms with Crippen LogP contribution in [0.25, 0.3) is 0 Å². The lowest BCUT2D eigenvalue weighted by molar-refractivity contribution is -0.125. The van der Waals surface area contributed by atoms with E-state index in [9.17, 15) is 9.59 Å². The van der Waals surface area contributed by atoms with E-state index in [-0.39, 0.29) is 11.9 Å². The summed E-state index contributed by atoms with van der Waals surface area (Å²) in [5.74, 6) is 0.277. The largest absolute Gasteiger partial charge is 0.325 e. The maximum Gasteiger partial charge on any atom is 0.325 e. The Balaban J connectivity index is 2.76. The van der Waals surface area contributed by atoms with Crippen LogP contribution in [0.5, 0.6) is 0 Å². The number of amides is 3. The maximum atomic E-state index is 11.6. The minimum atomic E-state index is -0.695. The van der Waals surface area contributed by atoms with Gasteiger partial charge in [-0.2, -0.15) is 0 Å². The number of carbonyl (C=O) groups excluding carboxylic acids is 2. The molecule has 0 radical (unpaired) electrons. The Kier molecular flexibility index (Phi) is 3.37. The van der Waals surface area contributed by atoms with Gasteiger partial charge in [0.1, 0.15) is 5.54 Å². The van der Waals surface area contributed by atoms with Gasteiger partial charge < -0.3 is 4.90 Å². The quantitative estimate of drug-likeness (QED) is 0.722. The van der Waals surface area contributed by atoms with Gasteiger partial charge in [-0.1, -0.05) is 26.7 Å². The van der Waals surface area contributed by atoms with Crippen LogP contribution in [0.2, 0.25) is 0 Å². The molecule has 0 aromatic carbocycles. The van der Waals surface area contributed by atoms with E-state index < -0.39 is 5.54 Å². The van der Waals surface area contributed by atoms with Crippen molar-refractivity contribution in [1.29, 1.82) is 0 Å². The Morgan fingerprint density at radius 1 is 1.27 bits per heavy atom. The summed E-state index contributed by atoms with van der Waals surface area (Å²) in [5.41, 5.74) is -0.695. The zero-order valence-corrected chi connectivity index (χ0v) is 9.96. The summed E-state index contributed by atoms with van der Waals surface area (Å²) in [5, 5.41) is 2.36. The SMILES string of the molecule is CCC(CC)CN1C(=O)NC(=O)C1(C)C. The summed E-state index contributed by atoms with van der Waals surface area (Å²) in [6, 6.07) is -0.253. The van der Waals surface area contributed by atoms with Gasteiger partial charge in [-0.25, -0.2) is 4.79 Å². The summed E-state index contributed by atoms with van der Waals surface area (Å²) < 4.78 is 0. The lowest BCUT2D eigenvalue weighted by Crippen LogP contribution is -2.46. The van der Waals surface area contributed by atoms with Gasteiger partial charge in [0.05, 0.1) is 0 Å². The van der Waals surface area contributed by atoms with Gasteiger partial charge in [-0.15, -0.1) is 0 Å². The lowest BCUT2D eigenvalue weighted by Gasteiger charge is -2.30. The Labute approximate surface area is 91.0 Å². The van der Waals surface area contributed by atoms with Crippen LogP contribution >= 0.6 is 0 Å². The first-order chi connectivity index (χ1) is 6.93. The van der Waals surface area contributed by atoms with E-state index in [2.05, 4.69) is 19.2 Å². The van der Waals surface area contributed by atoms with Crippen molar-refractivity contribution in [2.24, 2.45) is 5.92 Å². The number of carbonyl (C=O) groups is 2. The van der Waals surface area contributed by atoms with Crippen molar-refractivity contribution in [2.45, 2.75) is 46.1 Å². The zero-order valence-electron chi connectivity index (χ0n) is 9.96.